The third kappa shape index (κ3) is 18.2. The van der Waals surface area contributed by atoms with Gasteiger partial charge in [-0.15, -0.1) is 0 Å². The van der Waals surface area contributed by atoms with Gasteiger partial charge in [-0.05, 0) is 81.0 Å². The van der Waals surface area contributed by atoms with Crippen LogP contribution in [-0.2, 0) is 57.6 Å². The fourth-order valence-corrected chi connectivity index (χ4v) is 8.26. The number of amides is 7. The van der Waals surface area contributed by atoms with Gasteiger partial charge in [-0.3, -0.25) is 38.6 Å². The van der Waals surface area contributed by atoms with Crippen molar-refractivity contribution in [2.75, 3.05) is 13.1 Å². The summed E-state index contributed by atoms with van der Waals surface area (Å²) in [6, 6.07) is 6.06. The second kappa shape index (κ2) is 28.0. The van der Waals surface area contributed by atoms with Crippen LogP contribution in [0.4, 0.5) is 0 Å². The zero-order chi connectivity index (χ0) is 54.7. The molecule has 0 bridgehead atoms. The molecule has 23 heteroatoms. The number of phenolic OH excluding ortho intramolecular Hbond substituents is 1. The molecular formula is C51H75N13O10. The van der Waals surface area contributed by atoms with Crippen LogP contribution in [0.1, 0.15) is 96.9 Å². The third-order valence-electron chi connectivity index (χ3n) is 12.8. The summed E-state index contributed by atoms with van der Waals surface area (Å²) in [5, 5.41) is 36.5. The van der Waals surface area contributed by atoms with Crippen LogP contribution < -0.4 is 49.1 Å². The van der Waals surface area contributed by atoms with Crippen molar-refractivity contribution in [2.24, 2.45) is 34.0 Å². The number of benzene rings is 2. The van der Waals surface area contributed by atoms with Gasteiger partial charge < -0.3 is 69.2 Å². The second-order valence-corrected chi connectivity index (χ2v) is 19.7. The number of imidazole rings is 1. The molecule has 23 nitrogen and oxygen atoms in total. The number of carbonyl (C=O) groups excluding carboxylic acids is 7. The number of aromatic nitrogens is 2. The quantitative estimate of drug-likeness (QED) is 0.0272. The third-order valence-corrected chi connectivity index (χ3v) is 12.8. The Hall–Kier alpha value is -7.56. The summed E-state index contributed by atoms with van der Waals surface area (Å²) in [5.41, 5.74) is 17.3. The van der Waals surface area contributed by atoms with Crippen LogP contribution in [0.5, 0.6) is 5.75 Å². The minimum Gasteiger partial charge on any atom is -0.508 e. The fourth-order valence-electron chi connectivity index (χ4n) is 8.26. The van der Waals surface area contributed by atoms with Gasteiger partial charge in [0.1, 0.15) is 48.0 Å². The summed E-state index contributed by atoms with van der Waals surface area (Å²) in [6.45, 7) is 10.1. The van der Waals surface area contributed by atoms with E-state index in [0.29, 0.717) is 36.1 Å². The number of hydrogen-bond donors (Lipinski definition) is 12. The van der Waals surface area contributed by atoms with Crippen LogP contribution in [-0.4, -0.2) is 139 Å². The molecule has 1 aliphatic heterocycles. The highest BCUT2D eigenvalue weighted by Gasteiger charge is 2.40. The Labute approximate surface area is 431 Å². The van der Waals surface area contributed by atoms with Crippen molar-refractivity contribution in [2.45, 2.75) is 147 Å². The number of aromatic hydroxyl groups is 1. The number of nitrogens with two attached hydrogens (primary N) is 3. The highest BCUT2D eigenvalue weighted by atomic mass is 16.4. The van der Waals surface area contributed by atoms with Gasteiger partial charge in [0.15, 0.2) is 5.96 Å². The average Bonchev–Trinajstić information content (AvgIpc) is 3.88. The number of carboxylic acid groups (broad SMARTS) is 1. The molecule has 1 aliphatic rings. The van der Waals surface area contributed by atoms with Crippen molar-refractivity contribution in [1.29, 1.82) is 0 Å². The average molecular weight is 1030 g/mol. The number of likely N-dealkylation sites (tertiary alicyclic amines) is 1. The second-order valence-electron chi connectivity index (χ2n) is 19.7. The molecule has 0 saturated carbocycles. The Kier molecular flexibility index (Phi) is 22.4. The molecule has 4 rings (SSSR count). The predicted molar refractivity (Wildman–Crippen MR) is 275 cm³/mol. The summed E-state index contributed by atoms with van der Waals surface area (Å²) in [6.07, 6.45) is 4.77. The van der Waals surface area contributed by atoms with Gasteiger partial charge in [0.05, 0.1) is 11.9 Å². The molecule has 0 radical (unpaired) electrons. The number of aromatic amines is 1. The molecule has 0 aliphatic carbocycles. The fraction of sp³-hybridized carbons (Fsp3) is 0.529. The van der Waals surface area contributed by atoms with Crippen LogP contribution >= 0.6 is 0 Å². The molecular weight excluding hydrogens is 955 g/mol. The molecule has 8 atom stereocenters. The van der Waals surface area contributed by atoms with Crippen molar-refractivity contribution in [3.63, 3.8) is 0 Å². The van der Waals surface area contributed by atoms with Crippen molar-refractivity contribution in [1.82, 2.24) is 46.8 Å². The Morgan fingerprint density at radius 1 is 0.770 bits per heavy atom. The van der Waals surface area contributed by atoms with E-state index in [4.69, 9.17) is 17.2 Å². The van der Waals surface area contributed by atoms with E-state index in [1.165, 1.54) is 43.4 Å². The number of rotatable bonds is 27. The van der Waals surface area contributed by atoms with E-state index < -0.39 is 107 Å². The van der Waals surface area contributed by atoms with Gasteiger partial charge in [0, 0.05) is 44.2 Å². The van der Waals surface area contributed by atoms with E-state index in [1.807, 2.05) is 0 Å². The lowest BCUT2D eigenvalue weighted by molar-refractivity contribution is -0.147. The maximum Gasteiger partial charge on any atom is 0.326 e. The first-order chi connectivity index (χ1) is 35.0. The smallest absolute Gasteiger partial charge is 0.326 e. The number of carbonyl (C=O) groups is 8. The maximum absolute atomic E-state index is 14.7. The highest BCUT2D eigenvalue weighted by Crippen LogP contribution is 2.21. The van der Waals surface area contributed by atoms with Crippen molar-refractivity contribution in [3.8, 4) is 5.75 Å². The molecule has 7 amide bonds. The number of nitrogens with zero attached hydrogens (tertiary/aromatic N) is 3. The molecule has 15 N–H and O–H groups in total. The molecule has 404 valence electrons. The number of phenols is 1. The van der Waals surface area contributed by atoms with E-state index >= 15 is 0 Å². The first kappa shape index (κ1) is 59.0. The Morgan fingerprint density at radius 2 is 1.38 bits per heavy atom. The lowest BCUT2D eigenvalue weighted by Gasteiger charge is -2.38. The number of hydrogen-bond acceptors (Lipinski definition) is 12. The van der Waals surface area contributed by atoms with Gasteiger partial charge in [-0.2, -0.15) is 0 Å². The predicted octanol–water partition coefficient (Wildman–Crippen LogP) is 0.0107. The van der Waals surface area contributed by atoms with Crippen molar-refractivity contribution < 1.29 is 48.6 Å². The molecule has 1 unspecified atom stereocenters. The van der Waals surface area contributed by atoms with Gasteiger partial charge in [0.2, 0.25) is 41.4 Å². The Bertz CT molecular complexity index is 2390. The normalized spacial score (nSPS) is 16.4. The zero-order valence-electron chi connectivity index (χ0n) is 43.1. The Morgan fingerprint density at radius 3 is 1.97 bits per heavy atom. The van der Waals surface area contributed by atoms with Crippen LogP contribution in [0.15, 0.2) is 72.1 Å². The minimum absolute atomic E-state index is 0.0114. The standard InChI is InChI=1S/C51H75N13O10/c1-7-30(4)41(46(70)59-37(26-33-27-55-28-57-33)47(71)64-23-12-11-17-39(64)44(68)60-38(48(72)73)25-31-14-9-8-10-15-31)63-43(67)36(24-32-18-20-34(65)21-19-32)58-45(69)40(29(2)3)62-42(66)35(16-13-22-56-50(52)53)61-49(74)51(5,6)54/h8-10,14-15,18-21,27-30,35-41,65H,7,11-13,16-17,22-26,54H2,1-6H3,(H,55,57)(H,58,69)(H,59,70)(H,60,68)(H,61,74)(H,62,66)(H,63,67)(H,72,73)(H4,52,53,56)/t30?,35-,36-,37-,38-,39-,40-,41-/m0/s1. The number of H-pyrrole nitrogens is 1. The topological polar surface area (TPSA) is 372 Å². The summed E-state index contributed by atoms with van der Waals surface area (Å²) in [5.74, 6) is -7.44. The minimum atomic E-state index is -1.37. The number of guanidine groups is 1. The molecule has 1 saturated heterocycles. The van der Waals surface area contributed by atoms with Crippen molar-refractivity contribution in [3.05, 3.63) is 83.9 Å². The molecule has 74 heavy (non-hydrogen) atoms. The zero-order valence-corrected chi connectivity index (χ0v) is 43.1. The monoisotopic (exact) mass is 1030 g/mol. The summed E-state index contributed by atoms with van der Waals surface area (Å²) in [7, 11) is 0. The van der Waals surface area contributed by atoms with Crippen LogP contribution in [0.3, 0.4) is 0 Å². The lowest BCUT2D eigenvalue weighted by Crippen LogP contribution is -2.63. The number of aliphatic imine (C=N–C) groups is 1. The maximum atomic E-state index is 14.7. The van der Waals surface area contributed by atoms with Crippen LogP contribution in [0.25, 0.3) is 0 Å². The number of piperidine rings is 1. The number of aliphatic carboxylic acids is 1. The molecule has 0 spiro atoms. The summed E-state index contributed by atoms with van der Waals surface area (Å²) in [4.78, 5) is 124. The largest absolute Gasteiger partial charge is 0.508 e. The van der Waals surface area contributed by atoms with Crippen LogP contribution in [0, 0.1) is 11.8 Å². The molecule has 1 fully saturated rings. The molecule has 3 aromatic rings. The first-order valence-electron chi connectivity index (χ1n) is 25.0. The van der Waals surface area contributed by atoms with E-state index in [1.54, 1.807) is 70.2 Å². The number of nitrogens with one attached hydrogen (secondary N) is 7. The summed E-state index contributed by atoms with van der Waals surface area (Å²) < 4.78 is 0. The Balaban J connectivity index is 1.61. The van der Waals surface area contributed by atoms with Crippen LogP contribution in [0.2, 0.25) is 0 Å². The van der Waals surface area contributed by atoms with Crippen molar-refractivity contribution >= 4 is 53.3 Å². The number of carboxylic acids is 1. The first-order valence-corrected chi connectivity index (χ1v) is 25.0. The SMILES string of the molecule is CCC(C)[C@H](NC(=O)[C@H](Cc1ccc(O)cc1)NC(=O)[C@@H](NC(=O)[C@H](CCCN=C(N)N)NC(=O)C(C)(C)N)C(C)C)C(=O)N[C@@H](Cc1cnc[nH]1)C(=O)N1CCCC[C@H]1C(=O)N[C@@H](Cc1ccccc1)C(=O)O. The molecule has 2 aromatic carbocycles. The van der Waals surface area contributed by atoms with E-state index in [9.17, 15) is 48.6 Å². The van der Waals surface area contributed by atoms with E-state index in [-0.39, 0.29) is 63.3 Å². The summed E-state index contributed by atoms with van der Waals surface area (Å²) >= 11 is 0. The lowest BCUT2D eigenvalue weighted by atomic mass is 9.95. The van der Waals surface area contributed by atoms with E-state index in [0.717, 1.165) is 0 Å². The van der Waals surface area contributed by atoms with E-state index in [2.05, 4.69) is 46.9 Å². The van der Waals surface area contributed by atoms with Gasteiger partial charge in [-0.25, -0.2) is 9.78 Å². The molecule has 2 heterocycles. The van der Waals surface area contributed by atoms with Gasteiger partial charge in [-0.1, -0.05) is 76.6 Å². The van der Waals surface area contributed by atoms with Gasteiger partial charge >= 0.3 is 5.97 Å². The molecule has 1 aromatic heterocycles. The van der Waals surface area contributed by atoms with Gasteiger partial charge in [0.25, 0.3) is 0 Å². The highest BCUT2D eigenvalue weighted by molar-refractivity contribution is 5.98.